The molecule has 0 aliphatic carbocycles. The van der Waals surface area contributed by atoms with Gasteiger partial charge in [0, 0.05) is 16.9 Å². The van der Waals surface area contributed by atoms with Crippen molar-refractivity contribution in [3.63, 3.8) is 0 Å². The van der Waals surface area contributed by atoms with Crippen LogP contribution in [0, 0.1) is 6.92 Å². The number of thiophene rings is 1. The van der Waals surface area contributed by atoms with E-state index in [1.165, 1.54) is 21.6 Å². The van der Waals surface area contributed by atoms with Crippen LogP contribution in [0.25, 0.3) is 21.6 Å². The van der Waals surface area contributed by atoms with Crippen molar-refractivity contribution in [3.8, 4) is 21.6 Å². The van der Waals surface area contributed by atoms with Crippen molar-refractivity contribution >= 4 is 17.1 Å². The van der Waals surface area contributed by atoms with Crippen molar-refractivity contribution in [2.75, 3.05) is 0 Å². The average molecular weight is 363 g/mol. The lowest BCUT2D eigenvalue weighted by Gasteiger charge is -2.19. The Kier molecular flexibility index (Phi) is 5.15. The minimum absolute atomic E-state index is 0.140. The van der Waals surface area contributed by atoms with Gasteiger partial charge in [-0.15, -0.1) is 11.3 Å². The fourth-order valence-electron chi connectivity index (χ4n) is 3.22. The molecule has 0 saturated heterocycles. The second kappa shape index (κ2) is 7.20. The van der Waals surface area contributed by atoms with Gasteiger partial charge in [0.05, 0.1) is 4.88 Å². The number of hydrogen-bond donors (Lipinski definition) is 0. The van der Waals surface area contributed by atoms with Crippen LogP contribution in [0.3, 0.4) is 0 Å². The summed E-state index contributed by atoms with van der Waals surface area (Å²) in [6, 6.07) is 19.0. The van der Waals surface area contributed by atoms with Crippen molar-refractivity contribution in [1.82, 2.24) is 0 Å². The smallest absolute Gasteiger partial charge is 0.173 e. The zero-order chi connectivity index (χ0) is 18.9. The highest BCUT2D eigenvalue weighted by molar-refractivity contribution is 7.18. The van der Waals surface area contributed by atoms with E-state index in [0.29, 0.717) is 6.42 Å². The zero-order valence-electron chi connectivity index (χ0n) is 16.2. The molecule has 2 heteroatoms. The minimum atomic E-state index is 0.140. The molecule has 0 aliphatic rings. The predicted octanol–water partition coefficient (Wildman–Crippen LogP) is 7.28. The molecule has 0 bridgehead atoms. The predicted molar refractivity (Wildman–Crippen MR) is 113 cm³/mol. The summed E-state index contributed by atoms with van der Waals surface area (Å²) < 4.78 is 0. The number of benzene rings is 2. The first kappa shape index (κ1) is 18.6. The quantitative estimate of drug-likeness (QED) is 0.446. The van der Waals surface area contributed by atoms with Crippen molar-refractivity contribution < 1.29 is 4.79 Å². The molecule has 0 unspecified atom stereocenters. The Labute approximate surface area is 160 Å². The maximum atomic E-state index is 12.6. The SMILES string of the molecule is CCC(=O)c1sc(-c2ccc(C(C)(C)C)cc2)c(C)c1-c1ccccc1. The van der Waals surface area contributed by atoms with Gasteiger partial charge in [-0.25, -0.2) is 0 Å². The van der Waals surface area contributed by atoms with Gasteiger partial charge in [-0.05, 0) is 34.6 Å². The summed E-state index contributed by atoms with van der Waals surface area (Å²) in [6.07, 6.45) is 0.530. The maximum absolute atomic E-state index is 12.6. The van der Waals surface area contributed by atoms with Crippen LogP contribution in [0.15, 0.2) is 54.6 Å². The van der Waals surface area contributed by atoms with Crippen LogP contribution in [0.2, 0.25) is 0 Å². The molecule has 3 rings (SSSR count). The van der Waals surface area contributed by atoms with Crippen LogP contribution < -0.4 is 0 Å². The average Bonchev–Trinajstić information content (AvgIpc) is 2.98. The summed E-state index contributed by atoms with van der Waals surface area (Å²) in [5.74, 6) is 0.217. The van der Waals surface area contributed by atoms with Crippen LogP contribution in [0.4, 0.5) is 0 Å². The molecule has 0 atom stereocenters. The molecule has 0 radical (unpaired) electrons. The van der Waals surface area contributed by atoms with Gasteiger partial charge in [-0.3, -0.25) is 4.79 Å². The lowest BCUT2D eigenvalue weighted by atomic mass is 9.86. The first-order valence-corrected chi connectivity index (χ1v) is 9.97. The summed E-state index contributed by atoms with van der Waals surface area (Å²) in [5.41, 5.74) is 6.06. The Morgan fingerprint density at radius 3 is 2.08 bits per heavy atom. The molecule has 134 valence electrons. The molecule has 3 aromatic rings. The number of Topliss-reactive ketones (excluding diaryl/α,β-unsaturated/α-hetero) is 1. The molecule has 26 heavy (non-hydrogen) atoms. The summed E-state index contributed by atoms with van der Waals surface area (Å²) in [5, 5.41) is 0. The van der Waals surface area contributed by atoms with Gasteiger partial charge in [0.2, 0.25) is 0 Å². The third-order valence-electron chi connectivity index (χ3n) is 4.80. The molecule has 0 fully saturated rings. The minimum Gasteiger partial charge on any atom is -0.293 e. The highest BCUT2D eigenvalue weighted by atomic mass is 32.1. The Morgan fingerprint density at radius 2 is 1.54 bits per heavy atom. The normalized spacial score (nSPS) is 11.6. The highest BCUT2D eigenvalue weighted by Crippen LogP contribution is 2.42. The lowest BCUT2D eigenvalue weighted by Crippen LogP contribution is -2.10. The molecular formula is C24H26OS. The maximum Gasteiger partial charge on any atom is 0.173 e. The van der Waals surface area contributed by atoms with Crippen LogP contribution in [-0.2, 0) is 5.41 Å². The molecule has 0 N–H and O–H groups in total. The zero-order valence-corrected chi connectivity index (χ0v) is 17.0. The van der Waals surface area contributed by atoms with Gasteiger partial charge in [0.15, 0.2) is 5.78 Å². The van der Waals surface area contributed by atoms with E-state index >= 15 is 0 Å². The van der Waals surface area contributed by atoms with E-state index in [1.54, 1.807) is 11.3 Å². The molecular weight excluding hydrogens is 336 g/mol. The van der Waals surface area contributed by atoms with E-state index in [4.69, 9.17) is 0 Å². The van der Waals surface area contributed by atoms with E-state index in [-0.39, 0.29) is 11.2 Å². The summed E-state index contributed by atoms with van der Waals surface area (Å²) in [4.78, 5) is 14.7. The first-order valence-electron chi connectivity index (χ1n) is 9.16. The monoisotopic (exact) mass is 362 g/mol. The van der Waals surface area contributed by atoms with Gasteiger partial charge < -0.3 is 0 Å². The Hall–Kier alpha value is -2.19. The van der Waals surface area contributed by atoms with Crippen LogP contribution in [-0.4, -0.2) is 5.78 Å². The Morgan fingerprint density at radius 1 is 0.923 bits per heavy atom. The second-order valence-electron chi connectivity index (χ2n) is 7.73. The van der Waals surface area contributed by atoms with Gasteiger partial charge in [-0.1, -0.05) is 82.3 Å². The van der Waals surface area contributed by atoms with E-state index in [9.17, 15) is 4.79 Å². The molecule has 0 spiro atoms. The molecule has 1 heterocycles. The Balaban J connectivity index is 2.15. The number of rotatable bonds is 4. The van der Waals surface area contributed by atoms with Crippen molar-refractivity contribution in [1.29, 1.82) is 0 Å². The number of ketones is 1. The highest BCUT2D eigenvalue weighted by Gasteiger charge is 2.22. The van der Waals surface area contributed by atoms with E-state index < -0.39 is 0 Å². The number of hydrogen-bond acceptors (Lipinski definition) is 2. The van der Waals surface area contributed by atoms with Crippen molar-refractivity contribution in [2.24, 2.45) is 0 Å². The lowest BCUT2D eigenvalue weighted by molar-refractivity contribution is 0.0992. The number of carbonyl (C=O) groups excluding carboxylic acids is 1. The fourth-order valence-corrected chi connectivity index (χ4v) is 4.56. The molecule has 1 nitrogen and oxygen atoms in total. The largest absolute Gasteiger partial charge is 0.293 e. The molecule has 1 aromatic heterocycles. The van der Waals surface area contributed by atoms with E-state index in [1.807, 2.05) is 25.1 Å². The van der Waals surface area contributed by atoms with Crippen molar-refractivity contribution in [2.45, 2.75) is 46.5 Å². The van der Waals surface area contributed by atoms with Crippen molar-refractivity contribution in [3.05, 3.63) is 70.6 Å². The van der Waals surface area contributed by atoms with Crippen LogP contribution in [0.1, 0.15) is 54.9 Å². The summed E-state index contributed by atoms with van der Waals surface area (Å²) >= 11 is 1.63. The number of carbonyl (C=O) groups is 1. The van der Waals surface area contributed by atoms with Gasteiger partial charge in [-0.2, -0.15) is 0 Å². The standard InChI is InChI=1S/C24H26OS/c1-6-20(25)23-21(17-10-8-7-9-11-17)16(2)22(26-23)18-12-14-19(15-13-18)24(3,4)5/h7-15H,6H2,1-5H3. The molecule has 2 aromatic carbocycles. The van der Waals surface area contributed by atoms with Crippen LogP contribution >= 0.6 is 11.3 Å². The first-order chi connectivity index (χ1) is 12.3. The Bertz CT molecular complexity index is 909. The van der Waals surface area contributed by atoms with Gasteiger partial charge >= 0.3 is 0 Å². The van der Waals surface area contributed by atoms with Crippen LogP contribution in [0.5, 0.6) is 0 Å². The van der Waals surface area contributed by atoms with Gasteiger partial charge in [0.1, 0.15) is 0 Å². The molecule has 0 amide bonds. The van der Waals surface area contributed by atoms with E-state index in [2.05, 4.69) is 64.1 Å². The second-order valence-corrected chi connectivity index (χ2v) is 8.75. The summed E-state index contributed by atoms with van der Waals surface area (Å²) in [6.45, 7) is 10.8. The summed E-state index contributed by atoms with van der Waals surface area (Å²) in [7, 11) is 0. The van der Waals surface area contributed by atoms with E-state index in [0.717, 1.165) is 16.0 Å². The third kappa shape index (κ3) is 3.52. The molecule has 0 saturated carbocycles. The molecule has 0 aliphatic heterocycles. The third-order valence-corrected chi connectivity index (χ3v) is 6.18. The topological polar surface area (TPSA) is 17.1 Å². The fraction of sp³-hybridized carbons (Fsp3) is 0.292. The van der Waals surface area contributed by atoms with Gasteiger partial charge in [0.25, 0.3) is 0 Å².